The standard InChI is InChI=1S/C17H16O3/c1-19-16-11-9-15(10-12-16)17(18)20-13-5-8-14-6-3-2-4-7-14/h2-12H,13H2,1H3. The molecule has 3 heteroatoms. The van der Waals surface area contributed by atoms with E-state index in [2.05, 4.69) is 0 Å². The minimum absolute atomic E-state index is 0.250. The molecular formula is C17H16O3. The number of hydrogen-bond acceptors (Lipinski definition) is 3. The van der Waals surface area contributed by atoms with Gasteiger partial charge in [-0.15, -0.1) is 0 Å². The molecule has 0 atom stereocenters. The molecule has 0 aliphatic rings. The number of benzene rings is 2. The van der Waals surface area contributed by atoms with Gasteiger partial charge in [-0.2, -0.15) is 0 Å². The van der Waals surface area contributed by atoms with Crippen molar-refractivity contribution in [2.45, 2.75) is 0 Å². The lowest BCUT2D eigenvalue weighted by Gasteiger charge is -2.03. The van der Waals surface area contributed by atoms with Crippen molar-refractivity contribution < 1.29 is 14.3 Å². The van der Waals surface area contributed by atoms with Crippen molar-refractivity contribution in [1.29, 1.82) is 0 Å². The fourth-order valence-corrected chi connectivity index (χ4v) is 1.68. The van der Waals surface area contributed by atoms with E-state index in [9.17, 15) is 4.79 Å². The Morgan fingerprint density at radius 2 is 1.75 bits per heavy atom. The predicted octanol–water partition coefficient (Wildman–Crippen LogP) is 3.57. The molecule has 0 unspecified atom stereocenters. The lowest BCUT2D eigenvalue weighted by atomic mass is 10.2. The zero-order valence-corrected chi connectivity index (χ0v) is 11.3. The lowest BCUT2D eigenvalue weighted by molar-refractivity contribution is 0.0550. The smallest absolute Gasteiger partial charge is 0.338 e. The normalized spacial score (nSPS) is 10.4. The van der Waals surface area contributed by atoms with Crippen molar-refractivity contribution in [1.82, 2.24) is 0 Å². The van der Waals surface area contributed by atoms with Gasteiger partial charge in [0.1, 0.15) is 12.4 Å². The van der Waals surface area contributed by atoms with Crippen LogP contribution in [-0.2, 0) is 4.74 Å². The molecule has 20 heavy (non-hydrogen) atoms. The summed E-state index contributed by atoms with van der Waals surface area (Å²) in [6.45, 7) is 0.250. The van der Waals surface area contributed by atoms with Crippen molar-refractivity contribution in [3.63, 3.8) is 0 Å². The maximum atomic E-state index is 11.8. The second-order valence-corrected chi connectivity index (χ2v) is 4.14. The van der Waals surface area contributed by atoms with Crippen molar-refractivity contribution in [2.75, 3.05) is 13.7 Å². The highest BCUT2D eigenvalue weighted by Gasteiger charge is 2.05. The minimum atomic E-state index is -0.342. The van der Waals surface area contributed by atoms with Gasteiger partial charge in [-0.1, -0.05) is 36.4 Å². The Hall–Kier alpha value is -2.55. The maximum Gasteiger partial charge on any atom is 0.338 e. The first-order valence-corrected chi connectivity index (χ1v) is 6.32. The summed E-state index contributed by atoms with van der Waals surface area (Å²) in [5.41, 5.74) is 1.59. The quantitative estimate of drug-likeness (QED) is 0.778. The third kappa shape index (κ3) is 3.99. The summed E-state index contributed by atoms with van der Waals surface area (Å²) in [7, 11) is 1.59. The Balaban J connectivity index is 1.84. The van der Waals surface area contributed by atoms with Gasteiger partial charge in [-0.25, -0.2) is 4.79 Å². The molecule has 0 bridgehead atoms. The molecule has 2 aromatic carbocycles. The second kappa shape index (κ2) is 7.14. The molecule has 0 saturated heterocycles. The summed E-state index contributed by atoms with van der Waals surface area (Å²) >= 11 is 0. The zero-order valence-electron chi connectivity index (χ0n) is 11.3. The van der Waals surface area contributed by atoms with Crippen LogP contribution in [-0.4, -0.2) is 19.7 Å². The molecule has 0 N–H and O–H groups in total. The van der Waals surface area contributed by atoms with Crippen LogP contribution in [0.25, 0.3) is 6.08 Å². The molecule has 0 aromatic heterocycles. The van der Waals surface area contributed by atoms with Crippen LogP contribution < -0.4 is 4.74 Å². The van der Waals surface area contributed by atoms with Gasteiger partial charge in [-0.3, -0.25) is 0 Å². The van der Waals surface area contributed by atoms with E-state index in [0.29, 0.717) is 11.3 Å². The average molecular weight is 268 g/mol. The molecule has 0 heterocycles. The fraction of sp³-hybridized carbons (Fsp3) is 0.118. The number of carbonyl (C=O) groups excluding carboxylic acids is 1. The molecule has 102 valence electrons. The van der Waals surface area contributed by atoms with Gasteiger partial charge in [0.25, 0.3) is 0 Å². The molecule has 0 amide bonds. The van der Waals surface area contributed by atoms with Crippen LogP contribution in [0.5, 0.6) is 5.75 Å². The topological polar surface area (TPSA) is 35.5 Å². The zero-order chi connectivity index (χ0) is 14.2. The molecule has 0 spiro atoms. The highest BCUT2D eigenvalue weighted by atomic mass is 16.5. The summed E-state index contributed by atoms with van der Waals surface area (Å²) in [5, 5.41) is 0. The Morgan fingerprint density at radius 1 is 1.05 bits per heavy atom. The maximum absolute atomic E-state index is 11.8. The number of methoxy groups -OCH3 is 1. The van der Waals surface area contributed by atoms with Crippen LogP contribution in [0.3, 0.4) is 0 Å². The van der Waals surface area contributed by atoms with Crippen molar-refractivity contribution >= 4 is 12.0 Å². The van der Waals surface area contributed by atoms with Gasteiger partial charge in [0.05, 0.1) is 12.7 Å². The van der Waals surface area contributed by atoms with Gasteiger partial charge < -0.3 is 9.47 Å². The van der Waals surface area contributed by atoms with Gasteiger partial charge in [0, 0.05) is 0 Å². The van der Waals surface area contributed by atoms with E-state index in [1.54, 1.807) is 31.4 Å². The largest absolute Gasteiger partial charge is 0.497 e. The highest BCUT2D eigenvalue weighted by Crippen LogP contribution is 2.12. The average Bonchev–Trinajstić information content (AvgIpc) is 2.52. The number of ether oxygens (including phenoxy) is 2. The van der Waals surface area contributed by atoms with Crippen LogP contribution in [0, 0.1) is 0 Å². The van der Waals surface area contributed by atoms with E-state index in [1.165, 1.54) is 0 Å². The van der Waals surface area contributed by atoms with Gasteiger partial charge in [-0.05, 0) is 35.9 Å². The van der Waals surface area contributed by atoms with E-state index >= 15 is 0 Å². The van der Waals surface area contributed by atoms with Crippen molar-refractivity contribution in [2.24, 2.45) is 0 Å². The number of esters is 1. The molecule has 3 nitrogen and oxygen atoms in total. The van der Waals surface area contributed by atoms with E-state index < -0.39 is 0 Å². The first kappa shape index (κ1) is 13.9. The van der Waals surface area contributed by atoms with Crippen LogP contribution in [0.4, 0.5) is 0 Å². The van der Waals surface area contributed by atoms with Crippen LogP contribution in [0.2, 0.25) is 0 Å². The predicted molar refractivity (Wildman–Crippen MR) is 78.8 cm³/mol. The Bertz CT molecular complexity index is 571. The van der Waals surface area contributed by atoms with E-state index in [0.717, 1.165) is 5.56 Å². The summed E-state index contributed by atoms with van der Waals surface area (Å²) in [6, 6.07) is 16.7. The van der Waals surface area contributed by atoms with E-state index in [-0.39, 0.29) is 12.6 Å². The molecule has 0 aliphatic carbocycles. The van der Waals surface area contributed by atoms with E-state index in [1.807, 2.05) is 42.5 Å². The van der Waals surface area contributed by atoms with Crippen molar-refractivity contribution in [3.8, 4) is 5.75 Å². The summed E-state index contributed by atoms with van der Waals surface area (Å²) in [5.74, 6) is 0.371. The number of carbonyl (C=O) groups is 1. The number of hydrogen-bond donors (Lipinski definition) is 0. The van der Waals surface area contributed by atoms with Crippen LogP contribution >= 0.6 is 0 Å². The SMILES string of the molecule is COc1ccc(C(=O)OCC=Cc2ccccc2)cc1. The number of rotatable bonds is 5. The summed E-state index contributed by atoms with van der Waals surface area (Å²) in [4.78, 5) is 11.8. The fourth-order valence-electron chi connectivity index (χ4n) is 1.68. The second-order valence-electron chi connectivity index (χ2n) is 4.14. The molecule has 0 aliphatic heterocycles. The lowest BCUT2D eigenvalue weighted by Crippen LogP contribution is -2.04. The van der Waals surface area contributed by atoms with Gasteiger partial charge in [0.15, 0.2) is 0 Å². The first-order chi connectivity index (χ1) is 9.79. The molecular weight excluding hydrogens is 252 g/mol. The van der Waals surface area contributed by atoms with Crippen molar-refractivity contribution in [3.05, 3.63) is 71.8 Å². The molecule has 0 fully saturated rings. The van der Waals surface area contributed by atoms with Gasteiger partial charge in [0.2, 0.25) is 0 Å². The molecule has 0 saturated carbocycles. The third-order valence-electron chi connectivity index (χ3n) is 2.75. The summed E-state index contributed by atoms with van der Waals surface area (Å²) in [6.07, 6.45) is 3.73. The Kier molecular flexibility index (Phi) is 4.95. The molecule has 2 rings (SSSR count). The van der Waals surface area contributed by atoms with Crippen LogP contribution in [0.1, 0.15) is 15.9 Å². The van der Waals surface area contributed by atoms with E-state index in [4.69, 9.17) is 9.47 Å². The molecule has 2 aromatic rings. The minimum Gasteiger partial charge on any atom is -0.497 e. The Morgan fingerprint density at radius 3 is 2.40 bits per heavy atom. The van der Waals surface area contributed by atoms with Crippen LogP contribution in [0.15, 0.2) is 60.7 Å². The first-order valence-electron chi connectivity index (χ1n) is 6.32. The highest BCUT2D eigenvalue weighted by molar-refractivity contribution is 5.89. The monoisotopic (exact) mass is 268 g/mol. The third-order valence-corrected chi connectivity index (χ3v) is 2.75. The summed E-state index contributed by atoms with van der Waals surface area (Å²) < 4.78 is 10.2. The van der Waals surface area contributed by atoms with Gasteiger partial charge >= 0.3 is 5.97 Å². The molecule has 0 radical (unpaired) electrons. The Labute approximate surface area is 118 Å².